The van der Waals surface area contributed by atoms with E-state index in [2.05, 4.69) is 41.6 Å². The van der Waals surface area contributed by atoms with E-state index >= 15 is 0 Å². The third kappa shape index (κ3) is 5.47. The molecular weight excluding hydrogens is 304 g/mol. The second-order valence-corrected chi connectivity index (χ2v) is 8.10. The molecule has 1 saturated carbocycles. The number of hydrogen-bond acceptors (Lipinski definition) is 6. The Labute approximate surface area is 134 Å². The molecule has 0 unspecified atom stereocenters. The Hall–Kier alpha value is -0.820. The average molecular weight is 329 g/mol. The zero-order chi connectivity index (χ0) is 15.2. The van der Waals surface area contributed by atoms with Gasteiger partial charge in [0.1, 0.15) is 0 Å². The van der Waals surface area contributed by atoms with Gasteiger partial charge >= 0.3 is 0 Å². The summed E-state index contributed by atoms with van der Waals surface area (Å²) in [5, 5.41) is 15.3. The van der Waals surface area contributed by atoms with Crippen molar-refractivity contribution in [1.29, 1.82) is 0 Å². The molecule has 1 aromatic rings. The van der Waals surface area contributed by atoms with Crippen molar-refractivity contribution in [2.24, 2.45) is 5.92 Å². The first-order valence-corrected chi connectivity index (χ1v) is 9.37. The minimum Gasteiger partial charge on any atom is -0.358 e. The largest absolute Gasteiger partial charge is 0.358 e. The van der Waals surface area contributed by atoms with Crippen LogP contribution in [-0.4, -0.2) is 33.9 Å². The van der Waals surface area contributed by atoms with Crippen LogP contribution in [0.5, 0.6) is 0 Å². The molecule has 1 aliphatic carbocycles. The van der Waals surface area contributed by atoms with Crippen LogP contribution in [0.3, 0.4) is 0 Å². The van der Waals surface area contributed by atoms with Crippen molar-refractivity contribution < 1.29 is 4.79 Å². The molecule has 0 spiro atoms. The van der Waals surface area contributed by atoms with Gasteiger partial charge in [-0.3, -0.25) is 4.79 Å². The molecule has 118 valence electrons. The Morgan fingerprint density at radius 1 is 1.38 bits per heavy atom. The minimum atomic E-state index is 0.104. The molecular formula is C14H24N4OS2. The van der Waals surface area contributed by atoms with E-state index in [1.54, 1.807) is 0 Å². The molecule has 1 fully saturated rings. The van der Waals surface area contributed by atoms with E-state index in [0.29, 0.717) is 23.8 Å². The number of carbonyl (C=O) groups excluding carboxylic acids is 1. The predicted octanol–water partition coefficient (Wildman–Crippen LogP) is 3.15. The molecule has 5 nitrogen and oxygen atoms in total. The number of rotatable bonds is 6. The first kappa shape index (κ1) is 16.5. The summed E-state index contributed by atoms with van der Waals surface area (Å²) in [4.78, 5) is 12.0. The summed E-state index contributed by atoms with van der Waals surface area (Å²) < 4.78 is 0.838. The molecule has 0 saturated heterocycles. The summed E-state index contributed by atoms with van der Waals surface area (Å²) in [6, 6.07) is 0.686. The van der Waals surface area contributed by atoms with Crippen molar-refractivity contribution >= 4 is 34.1 Å². The normalized spacial score (nSPS) is 22.3. The average Bonchev–Trinajstić information content (AvgIpc) is 2.86. The number of aromatic nitrogens is 2. The fourth-order valence-electron chi connectivity index (χ4n) is 2.48. The molecule has 0 radical (unpaired) electrons. The third-order valence-electron chi connectivity index (χ3n) is 3.60. The van der Waals surface area contributed by atoms with Crippen LogP contribution < -0.4 is 10.6 Å². The zero-order valence-corrected chi connectivity index (χ0v) is 14.5. The maximum absolute atomic E-state index is 12.0. The van der Waals surface area contributed by atoms with E-state index in [0.717, 1.165) is 15.9 Å². The highest BCUT2D eigenvalue weighted by Crippen LogP contribution is 2.26. The summed E-state index contributed by atoms with van der Waals surface area (Å²) in [7, 11) is 0. The maximum atomic E-state index is 12.0. The lowest BCUT2D eigenvalue weighted by molar-refractivity contribution is -0.119. The predicted molar refractivity (Wildman–Crippen MR) is 89.0 cm³/mol. The number of thioether (sulfide) groups is 1. The topological polar surface area (TPSA) is 66.9 Å². The lowest BCUT2D eigenvalue weighted by Crippen LogP contribution is -2.41. The van der Waals surface area contributed by atoms with E-state index in [9.17, 15) is 4.79 Å². The molecule has 2 N–H and O–H groups in total. The summed E-state index contributed by atoms with van der Waals surface area (Å²) in [5.74, 6) is 1.11. The van der Waals surface area contributed by atoms with Crippen LogP contribution >= 0.6 is 23.1 Å². The Bertz CT molecular complexity index is 464. The number of nitrogens with zero attached hydrogens (tertiary/aromatic N) is 2. The summed E-state index contributed by atoms with van der Waals surface area (Å²) in [6.07, 6.45) is 4.85. The van der Waals surface area contributed by atoms with Gasteiger partial charge in [0.25, 0.3) is 0 Å². The maximum Gasteiger partial charge on any atom is 0.230 e. The van der Waals surface area contributed by atoms with Gasteiger partial charge in [-0.2, -0.15) is 0 Å². The first-order valence-electron chi connectivity index (χ1n) is 7.57. The van der Waals surface area contributed by atoms with Gasteiger partial charge < -0.3 is 10.6 Å². The van der Waals surface area contributed by atoms with Crippen LogP contribution in [0.4, 0.5) is 5.13 Å². The Morgan fingerprint density at radius 2 is 2.14 bits per heavy atom. The van der Waals surface area contributed by atoms with Gasteiger partial charge in [-0.05, 0) is 32.6 Å². The molecule has 7 heteroatoms. The van der Waals surface area contributed by atoms with Crippen LogP contribution in [-0.2, 0) is 4.79 Å². The molecule has 1 amide bonds. The van der Waals surface area contributed by atoms with E-state index in [4.69, 9.17) is 0 Å². The van der Waals surface area contributed by atoms with Gasteiger partial charge in [-0.1, -0.05) is 42.9 Å². The molecule has 1 aromatic heterocycles. The standard InChI is InChI=1S/C14H24N4OS2/c1-9(2)15-13-17-18-14(21-13)20-8-12(19)16-11-7-5-4-6-10(11)3/h9-11H,4-8H2,1-3H3,(H,15,17)(H,16,19)/t10-,11-/m1/s1. The number of carbonyl (C=O) groups is 1. The highest BCUT2D eigenvalue weighted by atomic mass is 32.2. The molecule has 0 aromatic carbocycles. The van der Waals surface area contributed by atoms with Crippen LogP contribution in [0.2, 0.25) is 0 Å². The Kier molecular flexibility index (Phi) is 6.29. The molecule has 2 rings (SSSR count). The van der Waals surface area contributed by atoms with Crippen LogP contribution in [0, 0.1) is 5.92 Å². The zero-order valence-electron chi connectivity index (χ0n) is 12.9. The molecule has 2 atom stereocenters. The van der Waals surface area contributed by atoms with Crippen molar-refractivity contribution in [2.45, 2.75) is 62.9 Å². The smallest absolute Gasteiger partial charge is 0.230 e. The lowest BCUT2D eigenvalue weighted by Gasteiger charge is -2.29. The van der Waals surface area contributed by atoms with Crippen molar-refractivity contribution in [1.82, 2.24) is 15.5 Å². The highest BCUT2D eigenvalue weighted by molar-refractivity contribution is 8.01. The molecule has 0 aliphatic heterocycles. The van der Waals surface area contributed by atoms with Gasteiger partial charge in [-0.15, -0.1) is 10.2 Å². The van der Waals surface area contributed by atoms with E-state index in [1.807, 2.05) is 0 Å². The Balaban J connectivity index is 1.74. The number of hydrogen-bond donors (Lipinski definition) is 2. The summed E-state index contributed by atoms with van der Waals surface area (Å²) in [5.41, 5.74) is 0. The van der Waals surface area contributed by atoms with E-state index < -0.39 is 0 Å². The van der Waals surface area contributed by atoms with Crippen molar-refractivity contribution in [2.75, 3.05) is 11.1 Å². The molecule has 21 heavy (non-hydrogen) atoms. The van der Waals surface area contributed by atoms with Crippen molar-refractivity contribution in [3.05, 3.63) is 0 Å². The molecule has 1 heterocycles. The summed E-state index contributed by atoms with van der Waals surface area (Å²) in [6.45, 7) is 6.35. The highest BCUT2D eigenvalue weighted by Gasteiger charge is 2.22. The van der Waals surface area contributed by atoms with Crippen molar-refractivity contribution in [3.8, 4) is 0 Å². The van der Waals surface area contributed by atoms with Crippen LogP contribution in [0.1, 0.15) is 46.5 Å². The fraction of sp³-hybridized carbons (Fsp3) is 0.786. The SMILES string of the molecule is CC(C)Nc1nnc(SCC(=O)N[C@@H]2CCCC[C@H]2C)s1. The van der Waals surface area contributed by atoms with Gasteiger partial charge in [0.15, 0.2) is 4.34 Å². The Morgan fingerprint density at radius 3 is 2.86 bits per heavy atom. The lowest BCUT2D eigenvalue weighted by atomic mass is 9.86. The third-order valence-corrected chi connectivity index (χ3v) is 5.59. The quantitative estimate of drug-likeness (QED) is 0.785. The van der Waals surface area contributed by atoms with Gasteiger partial charge in [0.2, 0.25) is 11.0 Å². The molecule has 0 bridgehead atoms. The van der Waals surface area contributed by atoms with E-state index in [1.165, 1.54) is 42.4 Å². The van der Waals surface area contributed by atoms with Crippen LogP contribution in [0.15, 0.2) is 4.34 Å². The van der Waals surface area contributed by atoms with E-state index in [-0.39, 0.29) is 5.91 Å². The first-order chi connectivity index (χ1) is 10.0. The number of amides is 1. The van der Waals surface area contributed by atoms with Crippen molar-refractivity contribution in [3.63, 3.8) is 0 Å². The van der Waals surface area contributed by atoms with Gasteiger partial charge in [-0.25, -0.2) is 0 Å². The second-order valence-electron chi connectivity index (χ2n) is 5.90. The minimum absolute atomic E-state index is 0.104. The second kappa shape index (κ2) is 7.98. The monoisotopic (exact) mass is 328 g/mol. The number of anilines is 1. The van der Waals surface area contributed by atoms with Crippen LogP contribution in [0.25, 0.3) is 0 Å². The number of nitrogens with one attached hydrogen (secondary N) is 2. The van der Waals surface area contributed by atoms with Gasteiger partial charge in [0, 0.05) is 12.1 Å². The molecule has 1 aliphatic rings. The van der Waals surface area contributed by atoms with Gasteiger partial charge in [0.05, 0.1) is 5.75 Å². The fourth-order valence-corrected chi connectivity index (χ4v) is 4.19. The summed E-state index contributed by atoms with van der Waals surface area (Å²) >= 11 is 2.96.